The van der Waals surface area contributed by atoms with Gasteiger partial charge in [0.2, 0.25) is 0 Å². The highest BCUT2D eigenvalue weighted by Gasteiger charge is 2.07. The fourth-order valence-corrected chi connectivity index (χ4v) is 0.511. The molecule has 56 valence electrons. The molecule has 0 bridgehead atoms. The Kier molecular flexibility index (Phi) is 4.53. The van der Waals surface area contributed by atoms with E-state index in [1.165, 1.54) is 0 Å². The van der Waals surface area contributed by atoms with Crippen molar-refractivity contribution in [2.45, 2.75) is 19.6 Å². The molecular weight excluding hydrogens is 128 g/mol. The average Bonchev–Trinajstić information content (AvgIpc) is 1.63. The lowest BCUT2D eigenvalue weighted by Gasteiger charge is -2.09. The number of likely N-dealkylation sites (N-methyl/N-ethyl adjacent to an activating group) is 1. The van der Waals surface area contributed by atoms with Crippen molar-refractivity contribution in [3.8, 4) is 0 Å². The van der Waals surface area contributed by atoms with Crippen LogP contribution in [-0.2, 0) is 4.74 Å². The van der Waals surface area contributed by atoms with Gasteiger partial charge in [0, 0.05) is 6.54 Å². The smallest absolute Gasteiger partial charge is 0.319 e. The number of hydrogen-bond acceptors (Lipinski definition) is 2. The summed E-state index contributed by atoms with van der Waals surface area (Å²) >= 11 is 0. The van der Waals surface area contributed by atoms with Crippen molar-refractivity contribution in [3.63, 3.8) is 0 Å². The van der Waals surface area contributed by atoms with Gasteiger partial charge in [0.15, 0.2) is 0 Å². The first kappa shape index (κ1) is 8.78. The largest absolute Gasteiger partial charge is 0.345 e. The van der Waals surface area contributed by atoms with Gasteiger partial charge in [0.05, 0.1) is 6.10 Å². The third-order valence-electron chi connectivity index (χ3n) is 0.827. The second-order valence-corrected chi connectivity index (χ2v) is 1.77. The molecule has 1 N–H and O–H groups in total. The quantitative estimate of drug-likeness (QED) is 0.623. The van der Waals surface area contributed by atoms with E-state index in [-0.39, 0.29) is 0 Å². The van der Waals surface area contributed by atoms with E-state index in [2.05, 4.69) is 10.1 Å². The van der Waals surface area contributed by atoms with Crippen molar-refractivity contribution in [3.05, 3.63) is 0 Å². The fourth-order valence-electron chi connectivity index (χ4n) is 0.511. The fraction of sp³-hybridized carbons (Fsp3) is 1.00. The van der Waals surface area contributed by atoms with E-state index in [0.717, 1.165) is 0 Å². The zero-order chi connectivity index (χ0) is 7.28. The highest BCUT2D eigenvalue weighted by molar-refractivity contribution is 4.49. The lowest BCUT2D eigenvalue weighted by Crippen LogP contribution is -2.25. The van der Waals surface area contributed by atoms with Crippen molar-refractivity contribution in [2.75, 3.05) is 13.6 Å². The van der Waals surface area contributed by atoms with Crippen LogP contribution in [0.4, 0.5) is 8.78 Å². The Morgan fingerprint density at radius 3 is 2.44 bits per heavy atom. The summed E-state index contributed by atoms with van der Waals surface area (Å²) in [6, 6.07) is 0. The van der Waals surface area contributed by atoms with Gasteiger partial charge < -0.3 is 10.1 Å². The molecule has 0 aromatic rings. The van der Waals surface area contributed by atoms with Crippen molar-refractivity contribution < 1.29 is 13.5 Å². The predicted molar refractivity (Wildman–Crippen MR) is 30.5 cm³/mol. The zero-order valence-corrected chi connectivity index (χ0v) is 5.53. The molecule has 0 saturated carbocycles. The molecule has 0 aromatic carbocycles. The second-order valence-electron chi connectivity index (χ2n) is 1.77. The number of hydrogen-bond donors (Lipinski definition) is 1. The van der Waals surface area contributed by atoms with Crippen molar-refractivity contribution >= 4 is 0 Å². The molecule has 0 fully saturated rings. The van der Waals surface area contributed by atoms with Gasteiger partial charge in [-0.05, 0) is 14.0 Å². The molecule has 0 spiro atoms. The van der Waals surface area contributed by atoms with Crippen molar-refractivity contribution in [2.24, 2.45) is 0 Å². The van der Waals surface area contributed by atoms with Gasteiger partial charge in [-0.3, -0.25) is 0 Å². The first-order valence-electron chi connectivity index (χ1n) is 2.75. The number of alkyl halides is 2. The summed E-state index contributed by atoms with van der Waals surface area (Å²) in [5.41, 5.74) is 0. The lowest BCUT2D eigenvalue weighted by atomic mass is 10.4. The van der Waals surface area contributed by atoms with E-state index in [0.29, 0.717) is 6.54 Å². The number of nitrogens with one attached hydrogen (secondary N) is 1. The summed E-state index contributed by atoms with van der Waals surface area (Å²) in [6.45, 7) is -0.624. The normalized spacial score (nSPS) is 14.3. The number of ether oxygens (including phenoxy) is 1. The molecule has 0 aliphatic rings. The molecule has 0 aliphatic carbocycles. The van der Waals surface area contributed by atoms with Crippen LogP contribution in [0.3, 0.4) is 0 Å². The van der Waals surface area contributed by atoms with Crippen LogP contribution in [0.25, 0.3) is 0 Å². The summed E-state index contributed by atoms with van der Waals surface area (Å²) in [6.07, 6.45) is -0.421. The summed E-state index contributed by atoms with van der Waals surface area (Å²) in [7, 11) is 1.69. The third-order valence-corrected chi connectivity index (χ3v) is 0.827. The highest BCUT2D eigenvalue weighted by atomic mass is 19.3. The molecular formula is C5H11F2NO. The van der Waals surface area contributed by atoms with Gasteiger partial charge in [0.25, 0.3) is 0 Å². The van der Waals surface area contributed by atoms with Crippen molar-refractivity contribution in [1.82, 2.24) is 5.32 Å². The summed E-state index contributed by atoms with van der Waals surface area (Å²) in [5, 5.41) is 2.71. The van der Waals surface area contributed by atoms with E-state index < -0.39 is 12.7 Å². The molecule has 1 unspecified atom stereocenters. The molecule has 0 radical (unpaired) electrons. The van der Waals surface area contributed by atoms with Crippen LogP contribution in [0.2, 0.25) is 0 Å². The van der Waals surface area contributed by atoms with Gasteiger partial charge in [0.1, 0.15) is 0 Å². The van der Waals surface area contributed by atoms with Crippen LogP contribution in [0, 0.1) is 0 Å². The van der Waals surface area contributed by atoms with Gasteiger partial charge in [-0.25, -0.2) is 0 Å². The van der Waals surface area contributed by atoms with Gasteiger partial charge in [-0.1, -0.05) is 0 Å². The van der Waals surface area contributed by atoms with Gasteiger partial charge in [-0.15, -0.1) is 0 Å². The number of halogens is 2. The van der Waals surface area contributed by atoms with E-state index in [4.69, 9.17) is 0 Å². The van der Waals surface area contributed by atoms with Crippen molar-refractivity contribution in [1.29, 1.82) is 0 Å². The average molecular weight is 139 g/mol. The summed E-state index contributed by atoms with van der Waals surface area (Å²) in [4.78, 5) is 0. The molecule has 9 heavy (non-hydrogen) atoms. The molecule has 0 saturated heterocycles. The maximum atomic E-state index is 11.4. The maximum Gasteiger partial charge on any atom is 0.345 e. The Balaban J connectivity index is 3.15. The first-order chi connectivity index (χ1) is 4.16. The SMILES string of the molecule is CNCC(C)OC(F)F. The molecule has 1 atom stereocenters. The number of rotatable bonds is 4. The standard InChI is InChI=1S/C5H11F2NO/c1-4(3-8-2)9-5(6)7/h4-5,8H,3H2,1-2H3. The monoisotopic (exact) mass is 139 g/mol. The molecule has 0 rings (SSSR count). The van der Waals surface area contributed by atoms with E-state index in [1.807, 2.05) is 0 Å². The van der Waals surface area contributed by atoms with Crippen LogP contribution in [-0.4, -0.2) is 26.3 Å². The van der Waals surface area contributed by atoms with Gasteiger partial charge >= 0.3 is 6.61 Å². The van der Waals surface area contributed by atoms with Crippen LogP contribution in [0.1, 0.15) is 6.92 Å². The van der Waals surface area contributed by atoms with Crippen LogP contribution >= 0.6 is 0 Å². The lowest BCUT2D eigenvalue weighted by molar-refractivity contribution is -0.156. The minimum atomic E-state index is -2.66. The highest BCUT2D eigenvalue weighted by Crippen LogP contribution is 1.98. The molecule has 0 heterocycles. The van der Waals surface area contributed by atoms with Crippen LogP contribution < -0.4 is 5.32 Å². The molecule has 0 amide bonds. The van der Waals surface area contributed by atoms with Crippen LogP contribution in [0.5, 0.6) is 0 Å². The Bertz CT molecular complexity index is 70.0. The topological polar surface area (TPSA) is 21.3 Å². The Labute approximate surface area is 53.2 Å². The van der Waals surface area contributed by atoms with Gasteiger partial charge in [-0.2, -0.15) is 8.78 Å². The Hall–Kier alpha value is -0.220. The second kappa shape index (κ2) is 4.64. The molecule has 0 aliphatic heterocycles. The minimum absolute atomic E-state index is 0.421. The first-order valence-corrected chi connectivity index (χ1v) is 2.75. The van der Waals surface area contributed by atoms with Crippen LogP contribution in [0.15, 0.2) is 0 Å². The van der Waals surface area contributed by atoms with E-state index in [9.17, 15) is 8.78 Å². The third kappa shape index (κ3) is 5.65. The zero-order valence-electron chi connectivity index (χ0n) is 5.53. The minimum Gasteiger partial charge on any atom is -0.319 e. The Morgan fingerprint density at radius 1 is 1.56 bits per heavy atom. The summed E-state index contributed by atoms with van der Waals surface area (Å²) in [5.74, 6) is 0. The predicted octanol–water partition coefficient (Wildman–Crippen LogP) is 0.834. The van der Waals surface area contributed by atoms with E-state index >= 15 is 0 Å². The molecule has 0 aromatic heterocycles. The molecule has 2 nitrogen and oxygen atoms in total. The van der Waals surface area contributed by atoms with E-state index in [1.54, 1.807) is 14.0 Å². The maximum absolute atomic E-state index is 11.4. The summed E-state index contributed by atoms with van der Waals surface area (Å²) < 4.78 is 26.8. The molecule has 4 heteroatoms. The Morgan fingerprint density at radius 2 is 2.11 bits per heavy atom.